The van der Waals surface area contributed by atoms with E-state index >= 15 is 0 Å². The minimum Gasteiger partial charge on any atom is -0.482 e. The van der Waals surface area contributed by atoms with Crippen LogP contribution in [0.5, 0.6) is 11.5 Å². The highest BCUT2D eigenvalue weighted by atomic mass is 32.2. The van der Waals surface area contributed by atoms with Gasteiger partial charge in [0.15, 0.2) is 0 Å². The van der Waals surface area contributed by atoms with Crippen LogP contribution in [-0.2, 0) is 0 Å². The van der Waals surface area contributed by atoms with Crippen LogP contribution >= 0.6 is 11.8 Å². The molecule has 0 amide bonds. The van der Waals surface area contributed by atoms with Crippen molar-refractivity contribution in [2.75, 3.05) is 5.94 Å². The molecular formula is C14H10F3O2S. The van der Waals surface area contributed by atoms with Gasteiger partial charge in [0.1, 0.15) is 17.4 Å². The number of halogens is 3. The third-order valence-electron chi connectivity index (χ3n) is 2.16. The highest BCUT2D eigenvalue weighted by Gasteiger charge is 2.31. The molecule has 0 spiro atoms. The SMILES string of the molecule is FC(F)(F)Oc1cccc(SCOc2[c]cccc2)c1. The molecule has 1 radical (unpaired) electrons. The Morgan fingerprint density at radius 2 is 1.95 bits per heavy atom. The Bertz CT molecular complexity index is 544. The Balaban J connectivity index is 1.88. The van der Waals surface area contributed by atoms with Crippen molar-refractivity contribution in [1.82, 2.24) is 0 Å². The predicted octanol–water partition coefficient (Wildman–Crippen LogP) is 4.51. The third-order valence-corrected chi connectivity index (χ3v) is 2.98. The summed E-state index contributed by atoms with van der Waals surface area (Å²) < 4.78 is 45.5. The molecule has 20 heavy (non-hydrogen) atoms. The van der Waals surface area contributed by atoms with Crippen molar-refractivity contribution in [2.24, 2.45) is 0 Å². The molecule has 0 unspecified atom stereocenters. The molecule has 0 bridgehead atoms. The van der Waals surface area contributed by atoms with E-state index in [1.165, 1.54) is 30.0 Å². The molecule has 6 heteroatoms. The van der Waals surface area contributed by atoms with Crippen molar-refractivity contribution in [3.05, 3.63) is 54.6 Å². The van der Waals surface area contributed by atoms with Crippen molar-refractivity contribution in [3.63, 3.8) is 0 Å². The molecule has 0 atom stereocenters. The second-order valence-corrected chi connectivity index (χ2v) is 4.65. The quantitative estimate of drug-likeness (QED) is 0.597. The first kappa shape index (κ1) is 14.6. The molecule has 2 aromatic carbocycles. The standard InChI is InChI=1S/C14H10F3O2S/c15-14(16,17)19-12-7-4-8-13(9-12)20-10-18-11-5-2-1-3-6-11/h1-5,7-9H,10H2. The van der Waals surface area contributed by atoms with Gasteiger partial charge in [0.2, 0.25) is 0 Å². The first-order valence-electron chi connectivity index (χ1n) is 5.61. The molecule has 0 aliphatic rings. The summed E-state index contributed by atoms with van der Waals surface area (Å²) in [6, 6.07) is 15.7. The number of para-hydroxylation sites is 1. The van der Waals surface area contributed by atoms with Crippen molar-refractivity contribution < 1.29 is 22.6 Å². The van der Waals surface area contributed by atoms with Gasteiger partial charge in [0.05, 0.1) is 0 Å². The van der Waals surface area contributed by atoms with Gasteiger partial charge in [0, 0.05) is 11.0 Å². The molecule has 0 aromatic heterocycles. The summed E-state index contributed by atoms with van der Waals surface area (Å²) in [5.41, 5.74) is 0. The van der Waals surface area contributed by atoms with Crippen LogP contribution in [0.2, 0.25) is 0 Å². The number of ether oxygens (including phenoxy) is 2. The van der Waals surface area contributed by atoms with Gasteiger partial charge in [0.25, 0.3) is 0 Å². The van der Waals surface area contributed by atoms with E-state index in [0.717, 1.165) is 0 Å². The van der Waals surface area contributed by atoms with Crippen LogP contribution in [0.4, 0.5) is 13.2 Å². The van der Waals surface area contributed by atoms with E-state index in [1.807, 2.05) is 12.1 Å². The number of thioether (sulfide) groups is 1. The van der Waals surface area contributed by atoms with Crippen LogP contribution in [0.1, 0.15) is 0 Å². The summed E-state index contributed by atoms with van der Waals surface area (Å²) in [4.78, 5) is 0.627. The fourth-order valence-electron chi connectivity index (χ4n) is 1.39. The van der Waals surface area contributed by atoms with Crippen LogP contribution in [0, 0.1) is 6.07 Å². The van der Waals surface area contributed by atoms with Gasteiger partial charge in [-0.05, 0) is 24.3 Å². The number of benzene rings is 2. The van der Waals surface area contributed by atoms with Gasteiger partial charge in [-0.25, -0.2) is 0 Å². The predicted molar refractivity (Wildman–Crippen MR) is 69.8 cm³/mol. The number of alkyl halides is 3. The fourth-order valence-corrected chi connectivity index (χ4v) is 2.09. The highest BCUT2D eigenvalue weighted by Crippen LogP contribution is 2.27. The van der Waals surface area contributed by atoms with E-state index in [-0.39, 0.29) is 11.7 Å². The van der Waals surface area contributed by atoms with E-state index in [2.05, 4.69) is 10.8 Å². The maximum absolute atomic E-state index is 12.1. The molecule has 0 aliphatic carbocycles. The van der Waals surface area contributed by atoms with Gasteiger partial charge in [-0.1, -0.05) is 36.0 Å². The smallest absolute Gasteiger partial charge is 0.482 e. The van der Waals surface area contributed by atoms with Crippen molar-refractivity contribution in [3.8, 4) is 11.5 Å². The summed E-state index contributed by atoms with van der Waals surface area (Å²) >= 11 is 1.27. The lowest BCUT2D eigenvalue weighted by Gasteiger charge is -2.10. The zero-order chi connectivity index (χ0) is 14.4. The highest BCUT2D eigenvalue weighted by molar-refractivity contribution is 7.99. The number of hydrogen-bond acceptors (Lipinski definition) is 3. The Morgan fingerprint density at radius 3 is 2.65 bits per heavy atom. The average Bonchev–Trinajstić information content (AvgIpc) is 2.38. The molecule has 105 valence electrons. The largest absolute Gasteiger partial charge is 0.573 e. The summed E-state index contributed by atoms with van der Waals surface area (Å²) in [5, 5.41) is 0. The molecule has 0 heterocycles. The molecule has 0 saturated heterocycles. The number of rotatable bonds is 5. The van der Waals surface area contributed by atoms with E-state index in [1.54, 1.807) is 18.2 Å². The van der Waals surface area contributed by atoms with Crippen molar-refractivity contribution in [2.45, 2.75) is 11.3 Å². The molecule has 0 N–H and O–H groups in total. The van der Waals surface area contributed by atoms with Gasteiger partial charge < -0.3 is 9.47 Å². The van der Waals surface area contributed by atoms with E-state index < -0.39 is 6.36 Å². The van der Waals surface area contributed by atoms with Crippen LogP contribution in [0.25, 0.3) is 0 Å². The van der Waals surface area contributed by atoms with Gasteiger partial charge >= 0.3 is 6.36 Å². The second-order valence-electron chi connectivity index (χ2n) is 3.66. The lowest BCUT2D eigenvalue weighted by atomic mass is 10.3. The van der Waals surface area contributed by atoms with Crippen molar-refractivity contribution >= 4 is 11.8 Å². The Hall–Kier alpha value is -1.82. The fraction of sp³-hybridized carbons (Fsp3) is 0.143. The van der Waals surface area contributed by atoms with Gasteiger partial charge in [-0.3, -0.25) is 0 Å². The molecule has 0 fully saturated rings. The van der Waals surface area contributed by atoms with Crippen LogP contribution in [0.3, 0.4) is 0 Å². The molecule has 2 aromatic rings. The summed E-state index contributed by atoms with van der Waals surface area (Å²) in [5.74, 6) is 0.618. The lowest BCUT2D eigenvalue weighted by Crippen LogP contribution is -2.17. The van der Waals surface area contributed by atoms with Gasteiger partial charge in [-0.2, -0.15) is 0 Å². The normalized spacial score (nSPS) is 11.2. The zero-order valence-corrected chi connectivity index (χ0v) is 11.0. The van der Waals surface area contributed by atoms with Crippen LogP contribution in [-0.4, -0.2) is 12.3 Å². The lowest BCUT2D eigenvalue weighted by molar-refractivity contribution is -0.274. The van der Waals surface area contributed by atoms with Crippen LogP contribution < -0.4 is 9.47 Å². The maximum atomic E-state index is 12.1. The molecule has 0 aliphatic heterocycles. The minimum absolute atomic E-state index is 0.242. The molecular weight excluding hydrogens is 289 g/mol. The van der Waals surface area contributed by atoms with E-state index in [4.69, 9.17) is 4.74 Å². The molecule has 2 nitrogen and oxygen atoms in total. The Kier molecular flexibility index (Phi) is 4.79. The first-order chi connectivity index (χ1) is 9.53. The number of hydrogen-bond donors (Lipinski definition) is 0. The topological polar surface area (TPSA) is 18.5 Å². The summed E-state index contributed by atoms with van der Waals surface area (Å²) in [6.45, 7) is 0. The zero-order valence-electron chi connectivity index (χ0n) is 10.2. The van der Waals surface area contributed by atoms with Crippen LogP contribution in [0.15, 0.2) is 53.4 Å². The summed E-state index contributed by atoms with van der Waals surface area (Å²) in [6.07, 6.45) is -4.68. The summed E-state index contributed by atoms with van der Waals surface area (Å²) in [7, 11) is 0. The third kappa shape index (κ3) is 5.05. The van der Waals surface area contributed by atoms with E-state index in [9.17, 15) is 13.2 Å². The minimum atomic E-state index is -4.68. The maximum Gasteiger partial charge on any atom is 0.573 e. The average molecular weight is 299 g/mol. The monoisotopic (exact) mass is 299 g/mol. The Labute approximate surface area is 118 Å². The second kappa shape index (κ2) is 6.56. The molecule has 2 rings (SSSR count). The van der Waals surface area contributed by atoms with Crippen molar-refractivity contribution in [1.29, 1.82) is 0 Å². The van der Waals surface area contributed by atoms with Gasteiger partial charge in [-0.15, -0.1) is 13.2 Å². The molecule has 0 saturated carbocycles. The first-order valence-corrected chi connectivity index (χ1v) is 6.60. The Morgan fingerprint density at radius 1 is 1.10 bits per heavy atom. The van der Waals surface area contributed by atoms with E-state index in [0.29, 0.717) is 10.6 Å².